The minimum atomic E-state index is -0.778. The minimum absolute atomic E-state index is 0.0800. The average molecular weight is 895 g/mol. The van der Waals surface area contributed by atoms with Crippen LogP contribution in [0.3, 0.4) is 0 Å². The van der Waals surface area contributed by atoms with E-state index >= 15 is 0 Å². The lowest BCUT2D eigenvalue weighted by atomic mass is 10.1. The first kappa shape index (κ1) is 61.1. The Hall–Kier alpha value is -2.89. The van der Waals surface area contributed by atoms with Crippen LogP contribution in [0, 0.1) is 0 Å². The van der Waals surface area contributed by atoms with E-state index < -0.39 is 6.10 Å². The molecule has 64 heavy (non-hydrogen) atoms. The smallest absolute Gasteiger partial charge is 0.306 e. The highest BCUT2D eigenvalue weighted by Crippen LogP contribution is 2.15. The van der Waals surface area contributed by atoms with E-state index in [-0.39, 0.29) is 31.1 Å². The summed E-state index contributed by atoms with van der Waals surface area (Å²) in [5.41, 5.74) is 0. The minimum Gasteiger partial charge on any atom is -0.462 e. The lowest BCUT2D eigenvalue weighted by molar-refractivity contribution is -0.167. The lowest BCUT2D eigenvalue weighted by Crippen LogP contribution is -2.30. The Bertz CT molecular complexity index is 1170. The van der Waals surface area contributed by atoms with Crippen molar-refractivity contribution in [3.63, 3.8) is 0 Å². The molecule has 0 aliphatic rings. The summed E-state index contributed by atoms with van der Waals surface area (Å²) in [6, 6.07) is 0. The maximum atomic E-state index is 12.8. The van der Waals surface area contributed by atoms with Gasteiger partial charge >= 0.3 is 17.9 Å². The molecule has 0 amide bonds. The van der Waals surface area contributed by atoms with Gasteiger partial charge in [-0.05, 0) is 89.9 Å². The highest BCUT2D eigenvalue weighted by atomic mass is 16.6. The Morgan fingerprint density at radius 2 is 0.562 bits per heavy atom. The Kier molecular flexibility index (Phi) is 50.4. The molecule has 0 aromatic rings. The number of hydrogen-bond donors (Lipinski definition) is 0. The topological polar surface area (TPSA) is 78.9 Å². The van der Waals surface area contributed by atoms with Gasteiger partial charge in [0.1, 0.15) is 13.2 Å². The Morgan fingerprint density at radius 3 is 0.906 bits per heavy atom. The number of esters is 3. The molecule has 0 fully saturated rings. The van der Waals surface area contributed by atoms with E-state index in [1.165, 1.54) is 148 Å². The number of hydrogen-bond acceptors (Lipinski definition) is 6. The first-order valence-corrected chi connectivity index (χ1v) is 27.3. The molecule has 0 saturated heterocycles. The molecular weight excluding hydrogens is 793 g/mol. The van der Waals surface area contributed by atoms with E-state index in [9.17, 15) is 14.4 Å². The highest BCUT2D eigenvalue weighted by molar-refractivity contribution is 5.71. The number of ether oxygens (including phenoxy) is 3. The second-order valence-electron chi connectivity index (χ2n) is 18.1. The van der Waals surface area contributed by atoms with E-state index in [0.717, 1.165) is 83.5 Å². The quantitative estimate of drug-likeness (QED) is 0.0262. The zero-order valence-electron chi connectivity index (χ0n) is 42.3. The van der Waals surface area contributed by atoms with E-state index in [1.807, 2.05) is 0 Å². The zero-order chi connectivity index (χ0) is 46.5. The Labute approximate surface area is 396 Å². The third kappa shape index (κ3) is 50.1. The SMILES string of the molecule is CCCCC/C=C\C/C=C\CCCCCCCCCCCC(=O)OC(COC(=O)CCCCCCCC)COC(=O)CCCCCCCC/C=C\C/C=C\C/C=C\CCCCCCC. The van der Waals surface area contributed by atoms with E-state index in [4.69, 9.17) is 14.2 Å². The van der Waals surface area contributed by atoms with Gasteiger partial charge in [0.25, 0.3) is 0 Å². The second kappa shape index (κ2) is 52.7. The first-order valence-electron chi connectivity index (χ1n) is 27.3. The average Bonchev–Trinajstić information content (AvgIpc) is 3.29. The summed E-state index contributed by atoms with van der Waals surface area (Å²) >= 11 is 0. The van der Waals surface area contributed by atoms with Crippen LogP contribution in [-0.4, -0.2) is 37.2 Å². The first-order chi connectivity index (χ1) is 31.5. The molecule has 0 saturated carbocycles. The molecule has 0 aliphatic carbocycles. The molecule has 1 unspecified atom stereocenters. The molecule has 0 aromatic heterocycles. The van der Waals surface area contributed by atoms with Crippen molar-refractivity contribution in [2.24, 2.45) is 0 Å². The number of carbonyl (C=O) groups excluding carboxylic acids is 3. The predicted molar refractivity (Wildman–Crippen MR) is 275 cm³/mol. The summed E-state index contributed by atoms with van der Waals surface area (Å²) in [4.78, 5) is 37.8. The van der Waals surface area contributed by atoms with Crippen LogP contribution >= 0.6 is 0 Å². The van der Waals surface area contributed by atoms with Gasteiger partial charge < -0.3 is 14.2 Å². The fourth-order valence-electron chi connectivity index (χ4n) is 7.60. The van der Waals surface area contributed by atoms with Gasteiger partial charge in [-0.1, -0.05) is 223 Å². The van der Waals surface area contributed by atoms with Gasteiger partial charge in [-0.25, -0.2) is 0 Å². The normalized spacial score (nSPS) is 12.5. The van der Waals surface area contributed by atoms with Crippen molar-refractivity contribution >= 4 is 17.9 Å². The zero-order valence-corrected chi connectivity index (χ0v) is 42.3. The van der Waals surface area contributed by atoms with Crippen LogP contribution in [0.15, 0.2) is 60.8 Å². The highest BCUT2D eigenvalue weighted by Gasteiger charge is 2.19. The summed E-state index contributed by atoms with van der Waals surface area (Å²) in [7, 11) is 0. The van der Waals surface area contributed by atoms with Gasteiger partial charge in [-0.3, -0.25) is 14.4 Å². The van der Waals surface area contributed by atoms with Gasteiger partial charge in [0, 0.05) is 19.3 Å². The van der Waals surface area contributed by atoms with Crippen LogP contribution in [-0.2, 0) is 28.6 Å². The number of unbranched alkanes of at least 4 members (excludes halogenated alkanes) is 28. The summed E-state index contributed by atoms with van der Waals surface area (Å²) in [6.45, 7) is 6.54. The van der Waals surface area contributed by atoms with Crippen LogP contribution in [0.1, 0.15) is 271 Å². The molecule has 0 spiro atoms. The summed E-state index contributed by atoms with van der Waals surface area (Å²) < 4.78 is 16.7. The van der Waals surface area contributed by atoms with Gasteiger partial charge in [0.2, 0.25) is 0 Å². The van der Waals surface area contributed by atoms with Gasteiger partial charge in [0.05, 0.1) is 0 Å². The monoisotopic (exact) mass is 895 g/mol. The number of carbonyl (C=O) groups is 3. The van der Waals surface area contributed by atoms with Crippen molar-refractivity contribution in [1.82, 2.24) is 0 Å². The molecular formula is C58H102O6. The van der Waals surface area contributed by atoms with Crippen molar-refractivity contribution in [2.45, 2.75) is 277 Å². The van der Waals surface area contributed by atoms with Gasteiger partial charge in [-0.2, -0.15) is 0 Å². The standard InChI is InChI=1S/C58H102O6/c1-4-7-10-13-16-18-20-22-24-26-28-29-31-32-34-36-38-40-42-45-48-51-57(60)63-54-55(53-62-56(59)50-47-44-15-12-9-6-3)64-58(61)52-49-46-43-41-39-37-35-33-30-27-25-23-21-19-17-14-11-8-5-2/h17,19-20,22-23,25-26,28,31-32,55H,4-16,18,21,24,27,29-30,33-54H2,1-3H3/b19-17-,22-20-,25-23-,28-26-,32-31-. The third-order valence-electron chi connectivity index (χ3n) is 11.7. The Morgan fingerprint density at radius 1 is 0.312 bits per heavy atom. The van der Waals surface area contributed by atoms with Crippen LogP contribution in [0.5, 0.6) is 0 Å². The molecule has 6 nitrogen and oxygen atoms in total. The molecule has 0 heterocycles. The molecule has 6 heteroatoms. The van der Waals surface area contributed by atoms with E-state index in [2.05, 4.69) is 81.5 Å². The second-order valence-corrected chi connectivity index (χ2v) is 18.1. The molecule has 370 valence electrons. The molecule has 0 aromatic carbocycles. The largest absolute Gasteiger partial charge is 0.462 e. The summed E-state index contributed by atoms with van der Waals surface area (Å²) in [5.74, 6) is -0.901. The molecule has 0 N–H and O–H groups in total. The van der Waals surface area contributed by atoms with Crippen LogP contribution in [0.4, 0.5) is 0 Å². The maximum Gasteiger partial charge on any atom is 0.306 e. The fourth-order valence-corrected chi connectivity index (χ4v) is 7.60. The molecule has 0 bridgehead atoms. The molecule has 0 rings (SSSR count). The predicted octanol–water partition coefficient (Wildman–Crippen LogP) is 18.0. The lowest BCUT2D eigenvalue weighted by Gasteiger charge is -2.18. The van der Waals surface area contributed by atoms with Crippen LogP contribution < -0.4 is 0 Å². The molecule has 0 radical (unpaired) electrons. The van der Waals surface area contributed by atoms with Crippen LogP contribution in [0.25, 0.3) is 0 Å². The van der Waals surface area contributed by atoms with Gasteiger partial charge in [0.15, 0.2) is 6.10 Å². The molecule has 1 atom stereocenters. The Balaban J connectivity index is 4.21. The maximum absolute atomic E-state index is 12.8. The molecule has 0 aliphatic heterocycles. The summed E-state index contributed by atoms with van der Waals surface area (Å²) in [6.07, 6.45) is 65.2. The van der Waals surface area contributed by atoms with Crippen molar-refractivity contribution in [3.05, 3.63) is 60.8 Å². The van der Waals surface area contributed by atoms with E-state index in [0.29, 0.717) is 19.3 Å². The summed E-state index contributed by atoms with van der Waals surface area (Å²) in [5, 5.41) is 0. The van der Waals surface area contributed by atoms with Gasteiger partial charge in [-0.15, -0.1) is 0 Å². The van der Waals surface area contributed by atoms with Crippen molar-refractivity contribution < 1.29 is 28.6 Å². The third-order valence-corrected chi connectivity index (χ3v) is 11.7. The van der Waals surface area contributed by atoms with Crippen LogP contribution in [0.2, 0.25) is 0 Å². The van der Waals surface area contributed by atoms with Crippen molar-refractivity contribution in [3.8, 4) is 0 Å². The van der Waals surface area contributed by atoms with Crippen molar-refractivity contribution in [1.29, 1.82) is 0 Å². The number of allylic oxidation sites excluding steroid dienone is 10. The van der Waals surface area contributed by atoms with Crippen molar-refractivity contribution in [2.75, 3.05) is 13.2 Å². The number of rotatable bonds is 49. The van der Waals surface area contributed by atoms with E-state index in [1.54, 1.807) is 0 Å². The fraction of sp³-hybridized carbons (Fsp3) is 0.776.